The number of hydrogen-bond donors (Lipinski definition) is 2. The van der Waals surface area contributed by atoms with Crippen molar-refractivity contribution in [3.63, 3.8) is 0 Å². The van der Waals surface area contributed by atoms with E-state index in [0.717, 1.165) is 4.47 Å². The normalized spacial score (nSPS) is 12.2. The van der Waals surface area contributed by atoms with Crippen LogP contribution in [0.5, 0.6) is 0 Å². The van der Waals surface area contributed by atoms with Gasteiger partial charge in [0.05, 0.1) is 0 Å². The maximum absolute atomic E-state index is 13.3. The van der Waals surface area contributed by atoms with Crippen LogP contribution in [-0.4, -0.2) is 11.9 Å². The van der Waals surface area contributed by atoms with E-state index in [4.69, 9.17) is 5.73 Å². The third kappa shape index (κ3) is 5.28. The summed E-state index contributed by atoms with van der Waals surface area (Å²) in [5.41, 5.74) is 6.01. The summed E-state index contributed by atoms with van der Waals surface area (Å²) in [6.07, 6.45) is 1.00. The molecule has 0 saturated heterocycles. The van der Waals surface area contributed by atoms with Gasteiger partial charge in [0.2, 0.25) is 5.91 Å². The van der Waals surface area contributed by atoms with E-state index < -0.39 is 0 Å². The van der Waals surface area contributed by atoms with Gasteiger partial charge in [0.15, 0.2) is 0 Å². The maximum Gasteiger partial charge on any atom is 0.220 e. The summed E-state index contributed by atoms with van der Waals surface area (Å²) in [6.45, 7) is 2.05. The Morgan fingerprint density at radius 1 is 1.59 bits per heavy atom. The highest BCUT2D eigenvalue weighted by molar-refractivity contribution is 9.10. The first-order chi connectivity index (χ1) is 7.99. The zero-order chi connectivity index (χ0) is 12.8. The molecule has 0 saturated carbocycles. The van der Waals surface area contributed by atoms with E-state index in [9.17, 15) is 9.18 Å². The van der Waals surface area contributed by atoms with Gasteiger partial charge in [0.1, 0.15) is 5.82 Å². The summed E-state index contributed by atoms with van der Waals surface area (Å²) in [6, 6.07) is 4.65. The van der Waals surface area contributed by atoms with Crippen molar-refractivity contribution in [1.29, 1.82) is 0 Å². The third-order valence-electron chi connectivity index (χ3n) is 2.31. The first-order valence-electron chi connectivity index (χ1n) is 5.45. The molecule has 0 bridgehead atoms. The van der Waals surface area contributed by atoms with Gasteiger partial charge < -0.3 is 11.1 Å². The molecule has 1 rings (SSSR count). The highest BCUT2D eigenvalue weighted by Gasteiger charge is 2.06. The predicted octanol–water partition coefficient (Wildman–Crippen LogP) is 2.33. The van der Waals surface area contributed by atoms with Crippen LogP contribution in [0.2, 0.25) is 0 Å². The van der Waals surface area contributed by atoms with Gasteiger partial charge in [-0.05, 0) is 31.5 Å². The number of carbonyl (C=O) groups excluding carboxylic acids is 1. The molecule has 0 aliphatic heterocycles. The number of halogens is 2. The van der Waals surface area contributed by atoms with Gasteiger partial charge in [-0.3, -0.25) is 4.79 Å². The summed E-state index contributed by atoms with van der Waals surface area (Å²) in [5, 5.41) is 2.67. The van der Waals surface area contributed by atoms with Crippen LogP contribution in [0.3, 0.4) is 0 Å². The van der Waals surface area contributed by atoms with E-state index in [-0.39, 0.29) is 24.3 Å². The molecule has 3 N–H and O–H groups in total. The zero-order valence-corrected chi connectivity index (χ0v) is 11.3. The molecule has 0 fully saturated rings. The van der Waals surface area contributed by atoms with Crippen LogP contribution < -0.4 is 11.1 Å². The Morgan fingerprint density at radius 3 is 2.94 bits per heavy atom. The van der Waals surface area contributed by atoms with E-state index in [1.165, 1.54) is 6.07 Å². The van der Waals surface area contributed by atoms with Crippen molar-refractivity contribution < 1.29 is 9.18 Å². The Labute approximate surface area is 109 Å². The standard InChI is InChI=1S/C12H16BrFN2O/c1-8(15)2-5-12(17)16-7-9-6-10(13)3-4-11(9)14/h3-4,6,8H,2,5,7,15H2,1H3,(H,16,17). The highest BCUT2D eigenvalue weighted by Crippen LogP contribution is 2.15. The van der Waals surface area contributed by atoms with Crippen molar-refractivity contribution in [2.75, 3.05) is 0 Å². The number of carbonyl (C=O) groups is 1. The van der Waals surface area contributed by atoms with Gasteiger partial charge in [-0.15, -0.1) is 0 Å². The lowest BCUT2D eigenvalue weighted by molar-refractivity contribution is -0.121. The fourth-order valence-corrected chi connectivity index (χ4v) is 1.73. The fourth-order valence-electron chi connectivity index (χ4n) is 1.32. The Kier molecular flexibility index (Phi) is 5.58. The molecule has 3 nitrogen and oxygen atoms in total. The number of nitrogens with one attached hydrogen (secondary N) is 1. The molecule has 0 heterocycles. The average Bonchev–Trinajstić information content (AvgIpc) is 2.27. The summed E-state index contributed by atoms with van der Waals surface area (Å²) in [7, 11) is 0. The minimum Gasteiger partial charge on any atom is -0.352 e. The average molecular weight is 303 g/mol. The second-order valence-corrected chi connectivity index (χ2v) is 4.94. The van der Waals surface area contributed by atoms with Gasteiger partial charge in [0.25, 0.3) is 0 Å². The molecule has 0 aliphatic carbocycles. The SMILES string of the molecule is CC(N)CCC(=O)NCc1cc(Br)ccc1F. The summed E-state index contributed by atoms with van der Waals surface area (Å²) < 4.78 is 14.1. The Bertz CT molecular complexity index is 396. The number of nitrogens with two attached hydrogens (primary N) is 1. The maximum atomic E-state index is 13.3. The predicted molar refractivity (Wildman–Crippen MR) is 68.8 cm³/mol. The van der Waals surface area contributed by atoms with E-state index in [0.29, 0.717) is 18.4 Å². The lowest BCUT2D eigenvalue weighted by atomic mass is 10.2. The topological polar surface area (TPSA) is 55.1 Å². The van der Waals surface area contributed by atoms with Crippen molar-refractivity contribution >= 4 is 21.8 Å². The molecule has 1 unspecified atom stereocenters. The molecule has 0 aromatic heterocycles. The molecule has 5 heteroatoms. The molecule has 1 atom stereocenters. The number of hydrogen-bond acceptors (Lipinski definition) is 2. The fraction of sp³-hybridized carbons (Fsp3) is 0.417. The molecule has 1 aromatic carbocycles. The first-order valence-corrected chi connectivity index (χ1v) is 6.24. The monoisotopic (exact) mass is 302 g/mol. The highest BCUT2D eigenvalue weighted by atomic mass is 79.9. The van der Waals surface area contributed by atoms with Crippen LogP contribution in [0, 0.1) is 5.82 Å². The van der Waals surface area contributed by atoms with Crippen molar-refractivity contribution in [3.8, 4) is 0 Å². The summed E-state index contributed by atoms with van der Waals surface area (Å²) in [5.74, 6) is -0.428. The molecule has 0 aliphatic rings. The smallest absolute Gasteiger partial charge is 0.220 e. The number of amides is 1. The summed E-state index contributed by atoms with van der Waals surface area (Å²) in [4.78, 5) is 11.4. The van der Waals surface area contributed by atoms with Gasteiger partial charge in [-0.2, -0.15) is 0 Å². The van der Waals surface area contributed by atoms with Gasteiger partial charge in [-0.25, -0.2) is 4.39 Å². The van der Waals surface area contributed by atoms with E-state index >= 15 is 0 Å². The molecule has 1 amide bonds. The molecular formula is C12H16BrFN2O. The van der Waals surface area contributed by atoms with Crippen molar-refractivity contribution in [1.82, 2.24) is 5.32 Å². The Morgan fingerprint density at radius 2 is 2.29 bits per heavy atom. The summed E-state index contributed by atoms with van der Waals surface area (Å²) >= 11 is 3.26. The minimum absolute atomic E-state index is 0.00311. The molecule has 0 spiro atoms. The molecule has 17 heavy (non-hydrogen) atoms. The lowest BCUT2D eigenvalue weighted by Crippen LogP contribution is -2.25. The zero-order valence-electron chi connectivity index (χ0n) is 9.67. The van der Waals surface area contributed by atoms with Crippen LogP contribution in [0.4, 0.5) is 4.39 Å². The molecule has 94 valence electrons. The Balaban J connectivity index is 2.44. The Hall–Kier alpha value is -0.940. The van der Waals surface area contributed by atoms with Crippen LogP contribution in [0.25, 0.3) is 0 Å². The van der Waals surface area contributed by atoms with Crippen molar-refractivity contribution in [2.45, 2.75) is 32.4 Å². The van der Waals surface area contributed by atoms with Crippen LogP contribution in [0.15, 0.2) is 22.7 Å². The molecular weight excluding hydrogens is 287 g/mol. The van der Waals surface area contributed by atoms with Crippen LogP contribution in [0.1, 0.15) is 25.3 Å². The van der Waals surface area contributed by atoms with Gasteiger partial charge in [-0.1, -0.05) is 15.9 Å². The van der Waals surface area contributed by atoms with Crippen LogP contribution in [-0.2, 0) is 11.3 Å². The largest absolute Gasteiger partial charge is 0.352 e. The van der Waals surface area contributed by atoms with Gasteiger partial charge in [0, 0.05) is 29.0 Å². The second kappa shape index (κ2) is 6.71. The molecule has 1 aromatic rings. The quantitative estimate of drug-likeness (QED) is 0.877. The second-order valence-electron chi connectivity index (χ2n) is 4.03. The first kappa shape index (κ1) is 14.1. The molecule has 0 radical (unpaired) electrons. The number of benzene rings is 1. The van der Waals surface area contributed by atoms with E-state index in [1.807, 2.05) is 6.92 Å². The van der Waals surface area contributed by atoms with Crippen molar-refractivity contribution in [2.24, 2.45) is 5.73 Å². The van der Waals surface area contributed by atoms with Crippen molar-refractivity contribution in [3.05, 3.63) is 34.1 Å². The minimum atomic E-state index is -0.319. The van der Waals surface area contributed by atoms with Gasteiger partial charge >= 0.3 is 0 Å². The lowest BCUT2D eigenvalue weighted by Gasteiger charge is -2.08. The van der Waals surface area contributed by atoms with Crippen LogP contribution >= 0.6 is 15.9 Å². The third-order valence-corrected chi connectivity index (χ3v) is 2.80. The van der Waals surface area contributed by atoms with E-state index in [2.05, 4.69) is 21.2 Å². The number of rotatable bonds is 5. The van der Waals surface area contributed by atoms with E-state index in [1.54, 1.807) is 12.1 Å².